The Kier molecular flexibility index (Phi) is 3.88. The Morgan fingerprint density at radius 3 is 2.76 bits per heavy atom. The average molecular weight is 404 g/mol. The van der Waals surface area contributed by atoms with Gasteiger partial charge in [-0.25, -0.2) is 9.37 Å². The average Bonchev–Trinajstić information content (AvgIpc) is 3.31. The maximum atomic E-state index is 13.3. The first kappa shape index (κ1) is 17.7. The van der Waals surface area contributed by atoms with Crippen molar-refractivity contribution in [2.75, 3.05) is 0 Å². The number of H-pyrrole nitrogens is 1. The molecule has 5 rings (SSSR count). The monoisotopic (exact) mass is 404 g/mol. The van der Waals surface area contributed by atoms with Crippen LogP contribution < -0.4 is 0 Å². The molecule has 11 heteroatoms. The van der Waals surface area contributed by atoms with Gasteiger partial charge in [-0.3, -0.25) is 14.8 Å². The molecule has 1 atom stereocenters. The number of alkyl halides is 3. The van der Waals surface area contributed by atoms with Crippen LogP contribution in [0.25, 0.3) is 33.5 Å². The zero-order valence-electron chi connectivity index (χ0n) is 14.6. The highest BCUT2D eigenvalue weighted by Crippen LogP contribution is 2.40. The molecule has 0 aromatic carbocycles. The van der Waals surface area contributed by atoms with E-state index in [1.807, 2.05) is 0 Å². The third-order valence-corrected chi connectivity index (χ3v) is 4.78. The number of ether oxygens (including phenoxy) is 1. The molecule has 1 N–H and O–H groups in total. The van der Waals surface area contributed by atoms with Crippen LogP contribution in [-0.4, -0.2) is 42.2 Å². The topological polar surface area (TPSA) is 81.5 Å². The van der Waals surface area contributed by atoms with Crippen LogP contribution >= 0.6 is 0 Å². The SMILES string of the molecule is Fc1ccc(-c2nn3c(c2-c2ccnc4[nH]ncc24)COC(C(F)(F)F)C3)nc1. The van der Waals surface area contributed by atoms with Gasteiger partial charge in [-0.05, 0) is 18.2 Å². The zero-order chi connectivity index (χ0) is 20.2. The van der Waals surface area contributed by atoms with Crippen molar-refractivity contribution >= 4 is 11.0 Å². The van der Waals surface area contributed by atoms with E-state index in [-0.39, 0.29) is 6.61 Å². The molecule has 0 amide bonds. The highest BCUT2D eigenvalue weighted by Gasteiger charge is 2.44. The first-order valence-electron chi connectivity index (χ1n) is 8.60. The molecule has 0 saturated carbocycles. The molecule has 0 fully saturated rings. The predicted octanol–water partition coefficient (Wildman–Crippen LogP) is 3.48. The van der Waals surface area contributed by atoms with Crippen LogP contribution in [0.4, 0.5) is 17.6 Å². The summed E-state index contributed by atoms with van der Waals surface area (Å²) >= 11 is 0. The van der Waals surface area contributed by atoms with Crippen LogP contribution in [0.2, 0.25) is 0 Å². The minimum absolute atomic E-state index is 0.282. The van der Waals surface area contributed by atoms with E-state index in [0.29, 0.717) is 39.2 Å². The predicted molar refractivity (Wildman–Crippen MR) is 92.9 cm³/mol. The highest BCUT2D eigenvalue weighted by molar-refractivity contribution is 5.97. The molecular formula is C18H12F4N6O. The van der Waals surface area contributed by atoms with Crippen molar-refractivity contribution in [1.82, 2.24) is 29.9 Å². The van der Waals surface area contributed by atoms with Crippen molar-refractivity contribution in [3.05, 3.63) is 48.3 Å². The fourth-order valence-electron chi connectivity index (χ4n) is 3.43. The number of halogens is 4. The number of hydrogen-bond acceptors (Lipinski definition) is 5. The molecule has 0 radical (unpaired) electrons. The van der Waals surface area contributed by atoms with Crippen LogP contribution in [0, 0.1) is 5.82 Å². The molecule has 5 heterocycles. The van der Waals surface area contributed by atoms with Crippen LogP contribution in [0.15, 0.2) is 36.8 Å². The first-order chi connectivity index (χ1) is 13.9. The number of pyridine rings is 2. The van der Waals surface area contributed by atoms with Crippen molar-refractivity contribution in [1.29, 1.82) is 0 Å². The Morgan fingerprint density at radius 2 is 2.00 bits per heavy atom. The molecule has 1 aliphatic rings. The lowest BCUT2D eigenvalue weighted by Gasteiger charge is -2.26. The van der Waals surface area contributed by atoms with Crippen LogP contribution in [0.5, 0.6) is 0 Å². The number of hydrogen-bond donors (Lipinski definition) is 1. The molecule has 0 aliphatic carbocycles. The number of aromatic amines is 1. The summed E-state index contributed by atoms with van der Waals surface area (Å²) < 4.78 is 59.2. The zero-order valence-corrected chi connectivity index (χ0v) is 14.6. The maximum absolute atomic E-state index is 13.3. The van der Waals surface area contributed by atoms with E-state index in [9.17, 15) is 17.6 Å². The van der Waals surface area contributed by atoms with E-state index >= 15 is 0 Å². The van der Waals surface area contributed by atoms with Gasteiger partial charge < -0.3 is 4.74 Å². The summed E-state index contributed by atoms with van der Waals surface area (Å²) in [4.78, 5) is 8.25. The number of rotatable bonds is 2. The second-order valence-corrected chi connectivity index (χ2v) is 6.55. The summed E-state index contributed by atoms with van der Waals surface area (Å²) in [6.07, 6.45) is -2.29. The summed E-state index contributed by atoms with van der Waals surface area (Å²) in [5, 5.41) is 11.8. The van der Waals surface area contributed by atoms with Gasteiger partial charge >= 0.3 is 6.18 Å². The van der Waals surface area contributed by atoms with Crippen molar-refractivity contribution in [3.63, 3.8) is 0 Å². The molecule has 1 unspecified atom stereocenters. The standard InChI is InChI=1S/C18H12F4N6O/c19-9-1-2-12(24-5-9)16-15(10-3-4-23-17-11(10)6-25-26-17)13-8-29-14(18(20,21)22)7-28(13)27-16/h1-6,14H,7-8H2,(H,23,25,26). The molecule has 1 aliphatic heterocycles. The molecule has 0 bridgehead atoms. The summed E-state index contributed by atoms with van der Waals surface area (Å²) in [7, 11) is 0. The molecule has 7 nitrogen and oxygen atoms in total. The summed E-state index contributed by atoms with van der Waals surface area (Å²) in [6, 6.07) is 4.38. The van der Waals surface area contributed by atoms with Crippen LogP contribution in [0.3, 0.4) is 0 Å². The minimum Gasteiger partial charge on any atom is -0.360 e. The Bertz CT molecular complexity index is 1200. The molecule has 4 aromatic rings. The lowest BCUT2D eigenvalue weighted by atomic mass is 9.99. The molecule has 0 saturated heterocycles. The van der Waals surface area contributed by atoms with E-state index in [0.717, 1.165) is 6.20 Å². The Hall–Kier alpha value is -3.34. The lowest BCUT2D eigenvalue weighted by Crippen LogP contribution is -2.39. The van der Waals surface area contributed by atoms with Gasteiger partial charge in [0.25, 0.3) is 0 Å². The van der Waals surface area contributed by atoms with Crippen molar-refractivity contribution < 1.29 is 22.3 Å². The Labute approximate surface area is 160 Å². The van der Waals surface area contributed by atoms with E-state index in [2.05, 4.69) is 25.3 Å². The molecule has 4 aromatic heterocycles. The third kappa shape index (κ3) is 2.94. The molecular weight excluding hydrogens is 392 g/mol. The van der Waals surface area contributed by atoms with Gasteiger partial charge in [-0.1, -0.05) is 0 Å². The van der Waals surface area contributed by atoms with E-state index < -0.39 is 24.6 Å². The number of nitrogens with one attached hydrogen (secondary N) is 1. The molecule has 0 spiro atoms. The normalized spacial score (nSPS) is 16.9. The molecule has 29 heavy (non-hydrogen) atoms. The quantitative estimate of drug-likeness (QED) is 0.518. The van der Waals surface area contributed by atoms with Gasteiger partial charge in [-0.2, -0.15) is 23.4 Å². The maximum Gasteiger partial charge on any atom is 0.416 e. The van der Waals surface area contributed by atoms with Gasteiger partial charge in [0.1, 0.15) is 11.5 Å². The van der Waals surface area contributed by atoms with Crippen LogP contribution in [0.1, 0.15) is 5.69 Å². The fraction of sp³-hybridized carbons (Fsp3) is 0.222. The van der Waals surface area contributed by atoms with E-state index in [4.69, 9.17) is 4.74 Å². The largest absolute Gasteiger partial charge is 0.416 e. The van der Waals surface area contributed by atoms with Gasteiger partial charge in [0, 0.05) is 22.7 Å². The summed E-state index contributed by atoms with van der Waals surface area (Å²) in [6.45, 7) is -0.762. The lowest BCUT2D eigenvalue weighted by molar-refractivity contribution is -0.234. The minimum atomic E-state index is -4.51. The Balaban J connectivity index is 1.74. The third-order valence-electron chi connectivity index (χ3n) is 4.78. The number of aromatic nitrogens is 6. The smallest absolute Gasteiger partial charge is 0.360 e. The van der Waals surface area contributed by atoms with E-state index in [1.54, 1.807) is 18.5 Å². The van der Waals surface area contributed by atoms with Crippen molar-refractivity contribution in [3.8, 4) is 22.5 Å². The van der Waals surface area contributed by atoms with Gasteiger partial charge in [0.15, 0.2) is 11.8 Å². The first-order valence-corrected chi connectivity index (χ1v) is 8.60. The number of nitrogens with zero attached hydrogens (tertiary/aromatic N) is 5. The summed E-state index contributed by atoms with van der Waals surface area (Å²) in [5.74, 6) is -0.527. The Morgan fingerprint density at radius 1 is 1.14 bits per heavy atom. The van der Waals surface area contributed by atoms with Crippen molar-refractivity contribution in [2.45, 2.75) is 25.4 Å². The van der Waals surface area contributed by atoms with Gasteiger partial charge in [0.2, 0.25) is 0 Å². The van der Waals surface area contributed by atoms with Crippen molar-refractivity contribution in [2.24, 2.45) is 0 Å². The second kappa shape index (κ2) is 6.34. The van der Waals surface area contributed by atoms with Crippen LogP contribution in [-0.2, 0) is 17.9 Å². The highest BCUT2D eigenvalue weighted by atomic mass is 19.4. The van der Waals surface area contributed by atoms with Gasteiger partial charge in [0.05, 0.1) is 36.9 Å². The fourth-order valence-corrected chi connectivity index (χ4v) is 3.43. The second-order valence-electron chi connectivity index (χ2n) is 6.55. The van der Waals surface area contributed by atoms with E-state index in [1.165, 1.54) is 16.8 Å². The van der Waals surface area contributed by atoms with Gasteiger partial charge in [-0.15, -0.1) is 0 Å². The number of fused-ring (bicyclic) bond motifs is 2. The molecule has 148 valence electrons. The summed E-state index contributed by atoms with van der Waals surface area (Å²) in [5.41, 5.74) is 2.88.